The topological polar surface area (TPSA) is 105 Å². The molecule has 0 bridgehead atoms. The van der Waals surface area contributed by atoms with Gasteiger partial charge in [0.15, 0.2) is 0 Å². The van der Waals surface area contributed by atoms with E-state index in [1.807, 2.05) is 24.3 Å². The number of amides is 1. The van der Waals surface area contributed by atoms with Crippen molar-refractivity contribution in [2.45, 2.75) is 0 Å². The molecule has 7 nitrogen and oxygen atoms in total. The summed E-state index contributed by atoms with van der Waals surface area (Å²) in [6.45, 7) is 0. The molecular weight excluding hydrogens is 414 g/mol. The van der Waals surface area contributed by atoms with E-state index in [0.29, 0.717) is 16.3 Å². The van der Waals surface area contributed by atoms with Crippen LogP contribution in [0.4, 0.5) is 11.4 Å². The number of hydrogen-bond donors (Lipinski definition) is 2. The van der Waals surface area contributed by atoms with Crippen molar-refractivity contribution < 1.29 is 14.8 Å². The van der Waals surface area contributed by atoms with E-state index in [1.165, 1.54) is 41.7 Å². The van der Waals surface area contributed by atoms with Crippen LogP contribution in [0.2, 0.25) is 5.02 Å². The van der Waals surface area contributed by atoms with Crippen molar-refractivity contribution in [3.8, 4) is 16.3 Å². The summed E-state index contributed by atoms with van der Waals surface area (Å²) in [6, 6.07) is 15.9. The molecule has 0 saturated carbocycles. The van der Waals surface area contributed by atoms with Crippen molar-refractivity contribution >= 4 is 50.4 Å². The first kappa shape index (κ1) is 18.9. The molecule has 0 aliphatic rings. The van der Waals surface area contributed by atoms with Crippen LogP contribution in [0, 0.1) is 10.1 Å². The van der Waals surface area contributed by atoms with E-state index in [2.05, 4.69) is 10.3 Å². The summed E-state index contributed by atoms with van der Waals surface area (Å²) in [4.78, 5) is 27.7. The summed E-state index contributed by atoms with van der Waals surface area (Å²) in [5, 5.41) is 24.9. The first-order valence-electron chi connectivity index (χ1n) is 8.36. The fourth-order valence-corrected chi connectivity index (χ4v) is 3.98. The molecule has 144 valence electrons. The van der Waals surface area contributed by atoms with Crippen LogP contribution < -0.4 is 5.32 Å². The molecule has 4 aromatic rings. The second-order valence-corrected chi connectivity index (χ2v) is 7.56. The summed E-state index contributed by atoms with van der Waals surface area (Å²) in [7, 11) is 0. The van der Waals surface area contributed by atoms with Crippen LogP contribution in [0.1, 0.15) is 10.4 Å². The smallest absolute Gasteiger partial charge is 0.282 e. The van der Waals surface area contributed by atoms with Gasteiger partial charge in [-0.1, -0.05) is 23.7 Å². The Bertz CT molecular complexity index is 1240. The maximum absolute atomic E-state index is 12.6. The normalized spacial score (nSPS) is 10.8. The number of aromatic hydroxyl groups is 1. The van der Waals surface area contributed by atoms with E-state index < -0.39 is 10.8 Å². The minimum atomic E-state index is -0.680. The average Bonchev–Trinajstić information content (AvgIpc) is 3.13. The lowest BCUT2D eigenvalue weighted by Crippen LogP contribution is -2.14. The molecule has 4 rings (SSSR count). The third-order valence-corrected chi connectivity index (χ3v) is 5.48. The van der Waals surface area contributed by atoms with Gasteiger partial charge >= 0.3 is 0 Å². The predicted molar refractivity (Wildman–Crippen MR) is 113 cm³/mol. The van der Waals surface area contributed by atoms with Gasteiger partial charge in [0, 0.05) is 16.8 Å². The highest BCUT2D eigenvalue weighted by molar-refractivity contribution is 7.21. The highest BCUT2D eigenvalue weighted by atomic mass is 35.5. The van der Waals surface area contributed by atoms with Crippen molar-refractivity contribution in [3.05, 3.63) is 81.4 Å². The average molecular weight is 426 g/mol. The van der Waals surface area contributed by atoms with Gasteiger partial charge in [0.25, 0.3) is 11.6 Å². The zero-order chi connectivity index (χ0) is 20.5. The Labute approximate surface area is 173 Å². The molecule has 0 atom stereocenters. The Kier molecular flexibility index (Phi) is 4.87. The van der Waals surface area contributed by atoms with Crippen LogP contribution in [0.25, 0.3) is 20.8 Å². The maximum atomic E-state index is 12.6. The van der Waals surface area contributed by atoms with Gasteiger partial charge in [-0.3, -0.25) is 14.9 Å². The highest BCUT2D eigenvalue weighted by Gasteiger charge is 2.21. The molecule has 2 N–H and O–H groups in total. The second kappa shape index (κ2) is 7.50. The third-order valence-electron chi connectivity index (χ3n) is 4.18. The number of para-hydroxylation sites is 1. The third kappa shape index (κ3) is 3.75. The number of phenols is 1. The molecule has 1 amide bonds. The van der Waals surface area contributed by atoms with Crippen molar-refractivity contribution in [1.29, 1.82) is 0 Å². The number of nitrogens with one attached hydrogen (secondary N) is 1. The van der Waals surface area contributed by atoms with Gasteiger partial charge in [-0.05, 0) is 42.5 Å². The van der Waals surface area contributed by atoms with E-state index in [-0.39, 0.29) is 22.0 Å². The minimum Gasteiger partial charge on any atom is -0.507 e. The molecule has 3 aromatic carbocycles. The number of fused-ring (bicyclic) bond motifs is 1. The summed E-state index contributed by atoms with van der Waals surface area (Å²) in [6.07, 6.45) is 0. The molecule has 1 heterocycles. The fraction of sp³-hybridized carbons (Fsp3) is 0. The van der Waals surface area contributed by atoms with Crippen molar-refractivity contribution in [1.82, 2.24) is 4.98 Å². The number of thiazole rings is 1. The van der Waals surface area contributed by atoms with Crippen LogP contribution in [0.5, 0.6) is 5.75 Å². The lowest BCUT2D eigenvalue weighted by atomic mass is 10.1. The van der Waals surface area contributed by atoms with Gasteiger partial charge in [0.05, 0.1) is 20.7 Å². The van der Waals surface area contributed by atoms with Crippen molar-refractivity contribution in [2.24, 2.45) is 0 Å². The van der Waals surface area contributed by atoms with E-state index in [9.17, 15) is 20.0 Å². The quantitative estimate of drug-likeness (QED) is 0.256. The molecule has 29 heavy (non-hydrogen) atoms. The number of rotatable bonds is 4. The van der Waals surface area contributed by atoms with Gasteiger partial charge < -0.3 is 10.4 Å². The first-order chi connectivity index (χ1) is 13.9. The van der Waals surface area contributed by atoms with Gasteiger partial charge in [-0.15, -0.1) is 11.3 Å². The number of anilines is 1. The summed E-state index contributed by atoms with van der Waals surface area (Å²) in [5.74, 6) is -0.670. The Hall–Kier alpha value is -3.49. The summed E-state index contributed by atoms with van der Waals surface area (Å²) < 4.78 is 0.964. The van der Waals surface area contributed by atoms with Gasteiger partial charge in [0.1, 0.15) is 16.3 Å². The summed E-state index contributed by atoms with van der Waals surface area (Å²) in [5.41, 5.74) is 1.10. The molecule has 9 heteroatoms. The number of nitro benzene ring substituents is 1. The standard InChI is InChI=1S/C20H12ClN3O4S/c21-11-5-7-16(24(27)28)13(9-11)19(26)22-12-6-8-17(25)14(10-12)20-23-15-3-1-2-4-18(15)29-20/h1-10,25H,(H,22,26). The van der Waals surface area contributed by atoms with E-state index in [0.717, 1.165) is 10.2 Å². The zero-order valence-corrected chi connectivity index (χ0v) is 16.2. The number of aromatic nitrogens is 1. The van der Waals surface area contributed by atoms with Crippen LogP contribution in [-0.4, -0.2) is 20.9 Å². The SMILES string of the molecule is O=C(Nc1ccc(O)c(-c2nc3ccccc3s2)c1)c1cc(Cl)ccc1[N+](=O)[O-]. The van der Waals surface area contributed by atoms with Crippen LogP contribution in [-0.2, 0) is 0 Å². The van der Waals surface area contributed by atoms with Crippen molar-refractivity contribution in [2.75, 3.05) is 5.32 Å². The summed E-state index contributed by atoms with van der Waals surface area (Å²) >= 11 is 7.30. The number of carbonyl (C=O) groups is 1. The van der Waals surface area contributed by atoms with Crippen LogP contribution in [0.3, 0.4) is 0 Å². The molecule has 0 aliphatic heterocycles. The number of nitro groups is 1. The maximum Gasteiger partial charge on any atom is 0.282 e. The number of hydrogen-bond acceptors (Lipinski definition) is 6. The van der Waals surface area contributed by atoms with Crippen LogP contribution >= 0.6 is 22.9 Å². The number of halogens is 1. The molecule has 1 aromatic heterocycles. The number of benzene rings is 3. The minimum absolute atomic E-state index is 0.00999. The Morgan fingerprint density at radius 3 is 2.69 bits per heavy atom. The monoisotopic (exact) mass is 425 g/mol. The number of carbonyl (C=O) groups excluding carboxylic acids is 1. The number of nitrogens with zero attached hydrogens (tertiary/aromatic N) is 2. The zero-order valence-electron chi connectivity index (χ0n) is 14.6. The lowest BCUT2D eigenvalue weighted by molar-refractivity contribution is -0.385. The Morgan fingerprint density at radius 2 is 1.93 bits per heavy atom. The largest absolute Gasteiger partial charge is 0.507 e. The Morgan fingerprint density at radius 1 is 1.14 bits per heavy atom. The van der Waals surface area contributed by atoms with E-state index >= 15 is 0 Å². The molecule has 0 saturated heterocycles. The first-order valence-corrected chi connectivity index (χ1v) is 9.56. The highest BCUT2D eigenvalue weighted by Crippen LogP contribution is 2.37. The number of phenolic OH excluding ortho intramolecular Hbond substituents is 1. The lowest BCUT2D eigenvalue weighted by Gasteiger charge is -2.09. The van der Waals surface area contributed by atoms with Gasteiger partial charge in [-0.2, -0.15) is 0 Å². The molecular formula is C20H12ClN3O4S. The molecule has 0 unspecified atom stereocenters. The van der Waals surface area contributed by atoms with Crippen LogP contribution in [0.15, 0.2) is 60.7 Å². The van der Waals surface area contributed by atoms with E-state index in [1.54, 1.807) is 6.07 Å². The molecule has 0 aliphatic carbocycles. The van der Waals surface area contributed by atoms with Crippen molar-refractivity contribution in [3.63, 3.8) is 0 Å². The van der Waals surface area contributed by atoms with E-state index in [4.69, 9.17) is 11.6 Å². The fourth-order valence-electron chi connectivity index (χ4n) is 2.82. The molecule has 0 spiro atoms. The second-order valence-electron chi connectivity index (χ2n) is 6.09. The predicted octanol–water partition coefficient (Wildman–Crippen LogP) is 5.48. The molecule has 0 radical (unpaired) electrons. The molecule has 0 fully saturated rings. The van der Waals surface area contributed by atoms with Gasteiger partial charge in [0.2, 0.25) is 0 Å². The van der Waals surface area contributed by atoms with Gasteiger partial charge in [-0.25, -0.2) is 4.98 Å². The Balaban J connectivity index is 1.69.